The van der Waals surface area contributed by atoms with Crippen molar-refractivity contribution in [1.29, 1.82) is 0 Å². The normalized spacial score (nSPS) is 15.7. The Bertz CT molecular complexity index is 908. The molecule has 7 nitrogen and oxygen atoms in total. The average molecular weight is 425 g/mol. The SMILES string of the molecule is CCN(CC)CCOc1cc(OC)ccc1N1C=C(c2ccc(OC)cc2)C=NC1N. The van der Waals surface area contributed by atoms with Crippen molar-refractivity contribution in [2.45, 2.75) is 20.1 Å². The Morgan fingerprint density at radius 3 is 2.32 bits per heavy atom. The van der Waals surface area contributed by atoms with Crippen molar-refractivity contribution in [3.63, 3.8) is 0 Å². The van der Waals surface area contributed by atoms with E-state index in [1.54, 1.807) is 20.4 Å². The maximum absolute atomic E-state index is 6.32. The van der Waals surface area contributed by atoms with Gasteiger partial charge in [0.2, 0.25) is 0 Å². The van der Waals surface area contributed by atoms with Crippen LogP contribution in [0.15, 0.2) is 53.7 Å². The molecule has 1 heterocycles. The van der Waals surface area contributed by atoms with E-state index >= 15 is 0 Å². The Labute approximate surface area is 184 Å². The molecule has 31 heavy (non-hydrogen) atoms. The zero-order chi connectivity index (χ0) is 22.2. The molecule has 0 radical (unpaired) electrons. The van der Waals surface area contributed by atoms with Gasteiger partial charge in [-0.2, -0.15) is 0 Å². The van der Waals surface area contributed by atoms with Crippen LogP contribution in [0.3, 0.4) is 0 Å². The predicted molar refractivity (Wildman–Crippen MR) is 126 cm³/mol. The smallest absolute Gasteiger partial charge is 0.177 e. The third-order valence-electron chi connectivity index (χ3n) is 5.36. The number of anilines is 1. The van der Waals surface area contributed by atoms with Crippen molar-refractivity contribution in [2.75, 3.05) is 45.4 Å². The van der Waals surface area contributed by atoms with Gasteiger partial charge in [-0.1, -0.05) is 26.0 Å². The molecule has 1 unspecified atom stereocenters. The molecule has 1 aliphatic heterocycles. The predicted octanol–water partition coefficient (Wildman–Crippen LogP) is 3.60. The van der Waals surface area contributed by atoms with E-state index in [4.69, 9.17) is 19.9 Å². The van der Waals surface area contributed by atoms with E-state index in [0.717, 1.165) is 48.0 Å². The Kier molecular flexibility index (Phi) is 7.92. The Morgan fingerprint density at radius 1 is 1.00 bits per heavy atom. The standard InChI is InChI=1S/C24H32N4O3/c1-5-27(6-2)13-14-31-23-15-21(30-4)11-12-22(23)28-17-19(16-26-24(28)25)18-7-9-20(29-3)10-8-18/h7-12,15-17,24H,5-6,13-14,25H2,1-4H3. The van der Waals surface area contributed by atoms with Gasteiger partial charge in [-0.05, 0) is 42.9 Å². The third kappa shape index (κ3) is 5.57. The van der Waals surface area contributed by atoms with Crippen LogP contribution in [0.25, 0.3) is 5.57 Å². The zero-order valence-corrected chi connectivity index (χ0v) is 18.7. The maximum Gasteiger partial charge on any atom is 0.177 e. The molecule has 2 aromatic rings. The Morgan fingerprint density at radius 2 is 1.68 bits per heavy atom. The molecule has 2 aromatic carbocycles. The highest BCUT2D eigenvalue weighted by Crippen LogP contribution is 2.35. The van der Waals surface area contributed by atoms with Crippen molar-refractivity contribution >= 4 is 17.5 Å². The average Bonchev–Trinajstić information content (AvgIpc) is 2.82. The van der Waals surface area contributed by atoms with Gasteiger partial charge >= 0.3 is 0 Å². The summed E-state index contributed by atoms with van der Waals surface area (Å²) in [6.07, 6.45) is 3.26. The topological polar surface area (TPSA) is 72.5 Å². The van der Waals surface area contributed by atoms with E-state index in [1.165, 1.54) is 0 Å². The van der Waals surface area contributed by atoms with Crippen LogP contribution in [-0.2, 0) is 0 Å². The second kappa shape index (κ2) is 10.8. The van der Waals surface area contributed by atoms with Gasteiger partial charge in [-0.3, -0.25) is 10.7 Å². The first-order chi connectivity index (χ1) is 15.1. The minimum Gasteiger partial charge on any atom is -0.497 e. The van der Waals surface area contributed by atoms with Crippen LogP contribution in [-0.4, -0.2) is 57.9 Å². The van der Waals surface area contributed by atoms with Gasteiger partial charge in [0.05, 0.1) is 19.9 Å². The van der Waals surface area contributed by atoms with E-state index < -0.39 is 6.29 Å². The Hall–Kier alpha value is -3.03. The molecule has 0 amide bonds. The lowest BCUT2D eigenvalue weighted by Crippen LogP contribution is -2.39. The summed E-state index contributed by atoms with van der Waals surface area (Å²) >= 11 is 0. The minimum absolute atomic E-state index is 0.541. The number of likely N-dealkylation sites (N-methyl/N-ethyl adjacent to an activating group) is 1. The minimum atomic E-state index is -0.541. The number of allylic oxidation sites excluding steroid dienone is 1. The van der Waals surface area contributed by atoms with Crippen molar-refractivity contribution in [3.05, 3.63) is 54.2 Å². The van der Waals surface area contributed by atoms with Gasteiger partial charge in [0.25, 0.3) is 0 Å². The van der Waals surface area contributed by atoms with Crippen molar-refractivity contribution < 1.29 is 14.2 Å². The molecular formula is C24H32N4O3. The van der Waals surface area contributed by atoms with Crippen molar-refractivity contribution in [3.8, 4) is 17.2 Å². The van der Waals surface area contributed by atoms with Crippen LogP contribution in [0.4, 0.5) is 5.69 Å². The Balaban J connectivity index is 1.87. The monoisotopic (exact) mass is 424 g/mol. The molecule has 7 heteroatoms. The number of nitrogens with two attached hydrogens (primary N) is 1. The molecule has 0 bridgehead atoms. The fraction of sp³-hybridized carbons (Fsp3) is 0.375. The summed E-state index contributed by atoms with van der Waals surface area (Å²) in [7, 11) is 3.30. The van der Waals surface area contributed by atoms with Gasteiger partial charge < -0.3 is 24.0 Å². The summed E-state index contributed by atoms with van der Waals surface area (Å²) in [6.45, 7) is 7.70. The first-order valence-corrected chi connectivity index (χ1v) is 10.6. The van der Waals surface area contributed by atoms with Gasteiger partial charge in [-0.25, -0.2) is 0 Å². The lowest BCUT2D eigenvalue weighted by Gasteiger charge is -2.30. The van der Waals surface area contributed by atoms with Crippen LogP contribution >= 0.6 is 0 Å². The lowest BCUT2D eigenvalue weighted by atomic mass is 10.1. The molecule has 166 valence electrons. The zero-order valence-electron chi connectivity index (χ0n) is 18.7. The second-order valence-electron chi connectivity index (χ2n) is 7.12. The van der Waals surface area contributed by atoms with Gasteiger partial charge in [-0.15, -0.1) is 0 Å². The molecule has 2 N–H and O–H groups in total. The van der Waals surface area contributed by atoms with Crippen LogP contribution < -0.4 is 24.8 Å². The molecule has 0 fully saturated rings. The summed E-state index contributed by atoms with van der Waals surface area (Å²) in [5, 5.41) is 0. The van der Waals surface area contributed by atoms with Crippen LogP contribution in [0.2, 0.25) is 0 Å². The van der Waals surface area contributed by atoms with E-state index in [9.17, 15) is 0 Å². The number of rotatable bonds is 10. The molecule has 0 aromatic heterocycles. The second-order valence-corrected chi connectivity index (χ2v) is 7.12. The van der Waals surface area contributed by atoms with Crippen LogP contribution in [0, 0.1) is 0 Å². The van der Waals surface area contributed by atoms with Crippen molar-refractivity contribution in [2.24, 2.45) is 10.7 Å². The summed E-state index contributed by atoms with van der Waals surface area (Å²) in [5.74, 6) is 2.25. The number of methoxy groups -OCH3 is 2. The molecule has 0 aliphatic carbocycles. The molecule has 3 rings (SSSR count). The first kappa shape index (κ1) is 22.7. The van der Waals surface area contributed by atoms with Crippen molar-refractivity contribution in [1.82, 2.24) is 4.90 Å². The van der Waals surface area contributed by atoms with E-state index in [1.807, 2.05) is 53.6 Å². The highest BCUT2D eigenvalue weighted by molar-refractivity contribution is 6.11. The van der Waals surface area contributed by atoms with Gasteiger partial charge in [0.15, 0.2) is 6.29 Å². The highest BCUT2D eigenvalue weighted by atomic mass is 16.5. The number of ether oxygens (including phenoxy) is 3. The molecule has 0 saturated heterocycles. The molecular weight excluding hydrogens is 392 g/mol. The summed E-state index contributed by atoms with van der Waals surface area (Å²) in [6, 6.07) is 13.6. The quantitative estimate of drug-likeness (QED) is 0.628. The summed E-state index contributed by atoms with van der Waals surface area (Å²) < 4.78 is 16.8. The van der Waals surface area contributed by atoms with E-state index in [-0.39, 0.29) is 0 Å². The lowest BCUT2D eigenvalue weighted by molar-refractivity contribution is 0.222. The molecule has 1 atom stereocenters. The van der Waals surface area contributed by atoms with Crippen LogP contribution in [0.5, 0.6) is 17.2 Å². The fourth-order valence-corrected chi connectivity index (χ4v) is 3.41. The largest absolute Gasteiger partial charge is 0.497 e. The van der Waals surface area contributed by atoms with Gasteiger partial charge in [0.1, 0.15) is 23.9 Å². The molecule has 0 spiro atoms. The number of benzene rings is 2. The van der Waals surface area contributed by atoms with E-state index in [0.29, 0.717) is 12.4 Å². The maximum atomic E-state index is 6.32. The van der Waals surface area contributed by atoms with Gasteiger partial charge in [0, 0.05) is 30.6 Å². The fourth-order valence-electron chi connectivity index (χ4n) is 3.41. The third-order valence-corrected chi connectivity index (χ3v) is 5.36. The number of hydrogen-bond donors (Lipinski definition) is 1. The van der Waals surface area contributed by atoms with Crippen LogP contribution in [0.1, 0.15) is 19.4 Å². The number of hydrogen-bond acceptors (Lipinski definition) is 7. The highest BCUT2D eigenvalue weighted by Gasteiger charge is 2.21. The van der Waals surface area contributed by atoms with E-state index in [2.05, 4.69) is 23.7 Å². The molecule has 1 aliphatic rings. The molecule has 0 saturated carbocycles. The number of nitrogens with zero attached hydrogens (tertiary/aromatic N) is 3. The summed E-state index contributed by atoms with van der Waals surface area (Å²) in [4.78, 5) is 8.73. The first-order valence-electron chi connectivity index (χ1n) is 10.6. The number of aliphatic imine (C=N–C) groups is 1. The summed E-state index contributed by atoms with van der Waals surface area (Å²) in [5.41, 5.74) is 9.15.